The zero-order valence-corrected chi connectivity index (χ0v) is 11.6. The Labute approximate surface area is 115 Å². The Bertz CT molecular complexity index is 418. The first-order valence-corrected chi connectivity index (χ1v) is 7.90. The van der Waals surface area contributed by atoms with E-state index in [0.29, 0.717) is 11.3 Å². The van der Waals surface area contributed by atoms with Crippen LogP contribution in [0.4, 0.5) is 0 Å². The lowest BCUT2D eigenvalue weighted by Gasteiger charge is -2.59. The van der Waals surface area contributed by atoms with Gasteiger partial charge in [0.2, 0.25) is 0 Å². The molecular weight excluding hydrogens is 232 g/mol. The van der Waals surface area contributed by atoms with E-state index in [1.807, 2.05) is 12.3 Å². The Hall–Kier alpha value is -0.890. The van der Waals surface area contributed by atoms with Crippen LogP contribution in [0.3, 0.4) is 0 Å². The van der Waals surface area contributed by atoms with Crippen LogP contribution in [0.25, 0.3) is 0 Å². The molecule has 4 saturated carbocycles. The highest BCUT2D eigenvalue weighted by Gasteiger charge is 2.54. The number of nitrogens with zero attached hydrogens (tertiary/aromatic N) is 1. The third kappa shape index (κ3) is 1.84. The molecule has 0 amide bonds. The van der Waals surface area contributed by atoms with E-state index < -0.39 is 0 Å². The summed E-state index contributed by atoms with van der Waals surface area (Å²) in [5.74, 6) is 3.46. The fourth-order valence-corrected chi connectivity index (χ4v) is 5.87. The molecule has 5 rings (SSSR count). The van der Waals surface area contributed by atoms with Crippen LogP contribution >= 0.6 is 0 Å². The topological polar surface area (TPSA) is 38.9 Å². The first-order chi connectivity index (χ1) is 9.29. The Kier molecular flexibility index (Phi) is 2.70. The van der Waals surface area contributed by atoms with Crippen molar-refractivity contribution in [2.24, 2.45) is 28.9 Å². The SMILES string of the molecule is NCC(c1ccccn1)C12CC3CC(CC(C3)C1)C2. The largest absolute Gasteiger partial charge is 0.330 e. The number of hydrogen-bond acceptors (Lipinski definition) is 2. The number of rotatable bonds is 3. The maximum atomic E-state index is 6.19. The van der Waals surface area contributed by atoms with Crippen LogP contribution in [-0.4, -0.2) is 11.5 Å². The molecule has 4 fully saturated rings. The minimum Gasteiger partial charge on any atom is -0.330 e. The van der Waals surface area contributed by atoms with E-state index in [4.69, 9.17) is 5.73 Å². The molecule has 0 aliphatic heterocycles. The zero-order chi connectivity index (χ0) is 12.9. The number of aromatic nitrogens is 1. The van der Waals surface area contributed by atoms with Gasteiger partial charge in [-0.2, -0.15) is 0 Å². The minimum absolute atomic E-state index is 0.484. The van der Waals surface area contributed by atoms with Crippen molar-refractivity contribution in [2.45, 2.75) is 44.4 Å². The van der Waals surface area contributed by atoms with Gasteiger partial charge in [0.1, 0.15) is 0 Å². The van der Waals surface area contributed by atoms with E-state index in [2.05, 4.69) is 17.1 Å². The van der Waals surface area contributed by atoms with Gasteiger partial charge >= 0.3 is 0 Å². The summed E-state index contributed by atoms with van der Waals surface area (Å²) >= 11 is 0. The summed E-state index contributed by atoms with van der Waals surface area (Å²) in [5, 5.41) is 0. The Morgan fingerprint density at radius 2 is 1.74 bits per heavy atom. The van der Waals surface area contributed by atoms with Crippen molar-refractivity contribution in [3.63, 3.8) is 0 Å². The molecule has 2 N–H and O–H groups in total. The zero-order valence-electron chi connectivity index (χ0n) is 11.6. The minimum atomic E-state index is 0.484. The molecule has 0 spiro atoms. The molecule has 4 aliphatic rings. The molecule has 0 saturated heterocycles. The second-order valence-electron chi connectivity index (χ2n) is 7.32. The van der Waals surface area contributed by atoms with Crippen molar-refractivity contribution < 1.29 is 0 Å². The van der Waals surface area contributed by atoms with E-state index in [-0.39, 0.29) is 0 Å². The van der Waals surface area contributed by atoms with Gasteiger partial charge in [-0.15, -0.1) is 0 Å². The van der Waals surface area contributed by atoms with E-state index >= 15 is 0 Å². The number of hydrogen-bond donors (Lipinski definition) is 1. The standard InChI is InChI=1S/C17H24N2/c18-11-15(16-3-1-2-4-19-16)17-8-12-5-13(9-17)7-14(6-12)10-17/h1-4,12-15H,5-11,18H2. The lowest BCUT2D eigenvalue weighted by molar-refractivity contribution is -0.0677. The maximum Gasteiger partial charge on any atom is 0.0452 e. The molecule has 2 nitrogen and oxygen atoms in total. The van der Waals surface area contributed by atoms with Gasteiger partial charge in [-0.3, -0.25) is 4.98 Å². The molecule has 1 aromatic heterocycles. The fourth-order valence-electron chi connectivity index (χ4n) is 5.87. The van der Waals surface area contributed by atoms with Crippen LogP contribution in [-0.2, 0) is 0 Å². The first-order valence-electron chi connectivity index (χ1n) is 7.90. The predicted octanol–water partition coefficient (Wildman–Crippen LogP) is 3.34. The van der Waals surface area contributed by atoms with Gasteiger partial charge in [-0.05, 0) is 73.8 Å². The average molecular weight is 256 g/mol. The highest BCUT2D eigenvalue weighted by atomic mass is 14.7. The molecule has 0 aromatic carbocycles. The molecule has 1 aromatic rings. The first kappa shape index (κ1) is 11.9. The van der Waals surface area contributed by atoms with Crippen molar-refractivity contribution in [1.82, 2.24) is 4.98 Å². The molecular formula is C17H24N2. The summed E-state index contributed by atoms with van der Waals surface area (Å²) in [7, 11) is 0. The Morgan fingerprint density at radius 1 is 1.11 bits per heavy atom. The summed E-state index contributed by atoms with van der Waals surface area (Å²) < 4.78 is 0. The van der Waals surface area contributed by atoms with Crippen LogP contribution in [0.2, 0.25) is 0 Å². The van der Waals surface area contributed by atoms with Crippen molar-refractivity contribution in [3.05, 3.63) is 30.1 Å². The van der Waals surface area contributed by atoms with Crippen LogP contribution in [0.1, 0.15) is 50.1 Å². The summed E-state index contributed by atoms with van der Waals surface area (Å²) in [4.78, 5) is 4.63. The number of nitrogens with two attached hydrogens (primary N) is 1. The normalized spacial score (nSPS) is 41.4. The van der Waals surface area contributed by atoms with Crippen LogP contribution in [0.15, 0.2) is 24.4 Å². The van der Waals surface area contributed by atoms with E-state index in [0.717, 1.165) is 24.3 Å². The highest BCUT2D eigenvalue weighted by molar-refractivity contribution is 5.18. The van der Waals surface area contributed by atoms with Crippen molar-refractivity contribution in [2.75, 3.05) is 6.54 Å². The van der Waals surface area contributed by atoms with Crippen molar-refractivity contribution in [1.29, 1.82) is 0 Å². The van der Waals surface area contributed by atoms with Gasteiger partial charge in [-0.1, -0.05) is 6.07 Å². The average Bonchev–Trinajstić information content (AvgIpc) is 2.38. The van der Waals surface area contributed by atoms with Crippen LogP contribution < -0.4 is 5.73 Å². The quantitative estimate of drug-likeness (QED) is 0.901. The third-order valence-corrected chi connectivity index (χ3v) is 6.11. The molecule has 1 unspecified atom stereocenters. The summed E-state index contributed by atoms with van der Waals surface area (Å²) in [6.07, 6.45) is 10.7. The molecule has 102 valence electrons. The third-order valence-electron chi connectivity index (χ3n) is 6.11. The summed E-state index contributed by atoms with van der Waals surface area (Å²) in [6.45, 7) is 0.767. The molecule has 0 radical (unpaired) electrons. The predicted molar refractivity (Wildman–Crippen MR) is 76.6 cm³/mol. The number of pyridine rings is 1. The van der Waals surface area contributed by atoms with Gasteiger partial charge in [0, 0.05) is 24.4 Å². The molecule has 2 heteroatoms. The lowest BCUT2D eigenvalue weighted by atomic mass is 9.46. The van der Waals surface area contributed by atoms with Gasteiger partial charge in [0.15, 0.2) is 0 Å². The fraction of sp³-hybridized carbons (Fsp3) is 0.706. The molecule has 19 heavy (non-hydrogen) atoms. The molecule has 1 atom stereocenters. The second kappa shape index (κ2) is 4.31. The van der Waals surface area contributed by atoms with Gasteiger partial charge < -0.3 is 5.73 Å². The van der Waals surface area contributed by atoms with Gasteiger partial charge in [0.25, 0.3) is 0 Å². The molecule has 4 bridgehead atoms. The Morgan fingerprint density at radius 3 is 2.21 bits per heavy atom. The van der Waals surface area contributed by atoms with E-state index in [1.165, 1.54) is 44.2 Å². The molecule has 1 heterocycles. The smallest absolute Gasteiger partial charge is 0.0452 e. The molecule has 4 aliphatic carbocycles. The lowest BCUT2D eigenvalue weighted by Crippen LogP contribution is -2.50. The van der Waals surface area contributed by atoms with Gasteiger partial charge in [0.05, 0.1) is 0 Å². The maximum absolute atomic E-state index is 6.19. The van der Waals surface area contributed by atoms with Crippen molar-refractivity contribution in [3.8, 4) is 0 Å². The second-order valence-corrected chi connectivity index (χ2v) is 7.32. The van der Waals surface area contributed by atoms with E-state index in [1.54, 1.807) is 0 Å². The van der Waals surface area contributed by atoms with Gasteiger partial charge in [-0.25, -0.2) is 0 Å². The summed E-state index contributed by atoms with van der Waals surface area (Å²) in [6, 6.07) is 6.32. The highest BCUT2D eigenvalue weighted by Crippen LogP contribution is 2.64. The van der Waals surface area contributed by atoms with Crippen LogP contribution in [0.5, 0.6) is 0 Å². The summed E-state index contributed by atoms with van der Waals surface area (Å²) in [5.41, 5.74) is 7.91. The van der Waals surface area contributed by atoms with Crippen molar-refractivity contribution >= 4 is 0 Å². The monoisotopic (exact) mass is 256 g/mol. The Balaban J connectivity index is 1.70. The van der Waals surface area contributed by atoms with Crippen LogP contribution in [0, 0.1) is 23.2 Å². The van der Waals surface area contributed by atoms with E-state index in [9.17, 15) is 0 Å².